The quantitative estimate of drug-likeness (QED) is 0.777. The lowest BCUT2D eigenvalue weighted by Crippen LogP contribution is -2.43. The molecule has 0 bridgehead atoms. The van der Waals surface area contributed by atoms with Crippen molar-refractivity contribution in [2.24, 2.45) is 0 Å². The third-order valence-corrected chi connectivity index (χ3v) is 4.60. The maximum absolute atomic E-state index is 5.76. The van der Waals surface area contributed by atoms with Crippen LogP contribution in [0, 0.1) is 0 Å². The molecule has 0 aromatic carbocycles. The van der Waals surface area contributed by atoms with Gasteiger partial charge in [-0.1, -0.05) is 13.3 Å². The second-order valence-electron chi connectivity index (χ2n) is 5.35. The third kappa shape index (κ3) is 5.07. The van der Waals surface area contributed by atoms with E-state index in [4.69, 9.17) is 4.74 Å². The van der Waals surface area contributed by atoms with Gasteiger partial charge in [0.2, 0.25) is 0 Å². The summed E-state index contributed by atoms with van der Waals surface area (Å²) < 4.78 is 6.11. The topological polar surface area (TPSA) is 21.3 Å². The van der Waals surface area contributed by atoms with Crippen LogP contribution < -0.4 is 5.32 Å². The number of ether oxygens (including phenoxy) is 1. The molecule has 1 aliphatic rings. The first-order chi connectivity index (χ1) is 7.57. The van der Waals surface area contributed by atoms with Gasteiger partial charge < -0.3 is 10.1 Å². The summed E-state index contributed by atoms with van der Waals surface area (Å²) in [6.07, 6.45) is 7.49. The minimum absolute atomic E-state index is 0.346. The van der Waals surface area contributed by atoms with E-state index in [1.165, 1.54) is 25.7 Å². The molecule has 0 amide bonds. The molecule has 1 aliphatic heterocycles. The Labute approximate surface area is 105 Å². The first-order valence-electron chi connectivity index (χ1n) is 6.47. The number of hydrogen-bond donors (Lipinski definition) is 1. The van der Waals surface area contributed by atoms with E-state index in [-0.39, 0.29) is 0 Å². The fourth-order valence-corrected chi connectivity index (χ4v) is 2.28. The molecule has 1 N–H and O–H groups in total. The van der Waals surface area contributed by atoms with Crippen LogP contribution in [-0.4, -0.2) is 36.3 Å². The zero-order valence-corrected chi connectivity index (χ0v) is 12.0. The van der Waals surface area contributed by atoms with Gasteiger partial charge in [-0.3, -0.25) is 0 Å². The maximum atomic E-state index is 5.76. The highest BCUT2D eigenvalue weighted by Gasteiger charge is 2.24. The van der Waals surface area contributed by atoms with Gasteiger partial charge in [-0.2, -0.15) is 11.8 Å². The predicted molar refractivity (Wildman–Crippen MR) is 73.3 cm³/mol. The lowest BCUT2D eigenvalue weighted by Gasteiger charge is -2.32. The third-order valence-electron chi connectivity index (χ3n) is 3.35. The Morgan fingerprint density at radius 2 is 2.19 bits per heavy atom. The van der Waals surface area contributed by atoms with E-state index in [2.05, 4.69) is 32.3 Å². The molecule has 0 saturated carbocycles. The van der Waals surface area contributed by atoms with E-state index in [1.54, 1.807) is 0 Å². The van der Waals surface area contributed by atoms with Crippen molar-refractivity contribution >= 4 is 11.8 Å². The van der Waals surface area contributed by atoms with Crippen LogP contribution in [-0.2, 0) is 4.74 Å². The van der Waals surface area contributed by atoms with Crippen molar-refractivity contribution < 1.29 is 4.74 Å². The predicted octanol–water partition coefficient (Wildman–Crippen LogP) is 3.07. The molecule has 2 unspecified atom stereocenters. The van der Waals surface area contributed by atoms with Crippen LogP contribution in [0.2, 0.25) is 0 Å². The summed E-state index contributed by atoms with van der Waals surface area (Å²) >= 11 is 1.93. The Morgan fingerprint density at radius 3 is 2.81 bits per heavy atom. The smallest absolute Gasteiger partial charge is 0.0589 e. The van der Waals surface area contributed by atoms with Gasteiger partial charge in [-0.05, 0) is 39.4 Å². The summed E-state index contributed by atoms with van der Waals surface area (Å²) in [5.74, 6) is 0. The highest BCUT2D eigenvalue weighted by atomic mass is 32.2. The largest absolute Gasteiger partial charge is 0.378 e. The second kappa shape index (κ2) is 6.87. The van der Waals surface area contributed by atoms with Crippen LogP contribution in [0.5, 0.6) is 0 Å². The minimum atomic E-state index is 0.346. The summed E-state index contributed by atoms with van der Waals surface area (Å²) in [4.78, 5) is 0. The summed E-state index contributed by atoms with van der Waals surface area (Å²) in [6, 6.07) is 0.664. The molecule has 0 radical (unpaired) electrons. The van der Waals surface area contributed by atoms with Gasteiger partial charge >= 0.3 is 0 Å². The molecular formula is C13H27NOS. The van der Waals surface area contributed by atoms with Crippen molar-refractivity contribution in [1.82, 2.24) is 5.32 Å². The van der Waals surface area contributed by atoms with Gasteiger partial charge in [0.05, 0.1) is 6.10 Å². The van der Waals surface area contributed by atoms with Crippen molar-refractivity contribution in [3.05, 3.63) is 0 Å². The summed E-state index contributed by atoms with van der Waals surface area (Å²) in [5.41, 5.74) is 0. The van der Waals surface area contributed by atoms with Gasteiger partial charge in [0.15, 0.2) is 0 Å². The van der Waals surface area contributed by atoms with Gasteiger partial charge in [0.25, 0.3) is 0 Å². The van der Waals surface area contributed by atoms with E-state index in [0.29, 0.717) is 16.9 Å². The summed E-state index contributed by atoms with van der Waals surface area (Å²) in [7, 11) is 0. The van der Waals surface area contributed by atoms with E-state index in [1.807, 2.05) is 11.8 Å². The van der Waals surface area contributed by atoms with Gasteiger partial charge in [0, 0.05) is 23.9 Å². The van der Waals surface area contributed by atoms with Gasteiger partial charge in [-0.25, -0.2) is 0 Å². The Bertz CT molecular complexity index is 194. The molecule has 0 aliphatic carbocycles. The highest BCUT2D eigenvalue weighted by Crippen LogP contribution is 2.22. The van der Waals surface area contributed by atoms with Crippen LogP contribution >= 0.6 is 11.8 Å². The molecule has 2 atom stereocenters. The molecule has 0 aromatic rings. The molecule has 1 heterocycles. The molecule has 96 valence electrons. The molecule has 1 fully saturated rings. The lowest BCUT2D eigenvalue weighted by molar-refractivity contribution is -0.00331. The average molecular weight is 245 g/mol. The molecular weight excluding hydrogens is 218 g/mol. The zero-order valence-electron chi connectivity index (χ0n) is 11.2. The first-order valence-corrected chi connectivity index (χ1v) is 7.70. The Morgan fingerprint density at radius 1 is 1.44 bits per heavy atom. The zero-order chi connectivity index (χ0) is 12.0. The van der Waals surface area contributed by atoms with Crippen molar-refractivity contribution in [2.75, 3.05) is 19.4 Å². The lowest BCUT2D eigenvalue weighted by atomic mass is 9.99. The van der Waals surface area contributed by atoms with Gasteiger partial charge in [0.1, 0.15) is 0 Å². The first kappa shape index (κ1) is 14.3. The summed E-state index contributed by atoms with van der Waals surface area (Å²) in [5, 5.41) is 3.70. The van der Waals surface area contributed by atoms with Crippen LogP contribution in [0.1, 0.15) is 46.5 Å². The van der Waals surface area contributed by atoms with Crippen LogP contribution in [0.3, 0.4) is 0 Å². The van der Waals surface area contributed by atoms with E-state index < -0.39 is 0 Å². The molecule has 1 rings (SSSR count). The number of thioether (sulfide) groups is 1. The standard InChI is InChI=1S/C13H27NOS/c1-5-6-12-9-11(7-8-15-12)14-10-13(2,3)16-4/h11-12,14H,5-10H2,1-4H3. The second-order valence-corrected chi connectivity index (χ2v) is 6.86. The SMILES string of the molecule is CCCC1CC(NCC(C)(C)SC)CCO1. The van der Waals surface area contributed by atoms with Crippen molar-refractivity contribution in [2.45, 2.75) is 63.3 Å². The number of nitrogens with one attached hydrogen (secondary N) is 1. The van der Waals surface area contributed by atoms with Crippen LogP contribution in [0.25, 0.3) is 0 Å². The minimum Gasteiger partial charge on any atom is -0.378 e. The normalized spacial score (nSPS) is 27.0. The van der Waals surface area contributed by atoms with Crippen LogP contribution in [0.15, 0.2) is 0 Å². The molecule has 2 nitrogen and oxygen atoms in total. The Kier molecular flexibility index (Phi) is 6.16. The Hall–Kier alpha value is 0.270. The van der Waals surface area contributed by atoms with Crippen LogP contribution in [0.4, 0.5) is 0 Å². The van der Waals surface area contributed by atoms with Crippen molar-refractivity contribution in [3.63, 3.8) is 0 Å². The fourth-order valence-electron chi connectivity index (χ4n) is 2.05. The molecule has 1 saturated heterocycles. The van der Waals surface area contributed by atoms with Crippen molar-refractivity contribution in [1.29, 1.82) is 0 Å². The molecule has 3 heteroatoms. The number of rotatable bonds is 6. The van der Waals surface area contributed by atoms with E-state index in [0.717, 1.165) is 13.2 Å². The molecule has 16 heavy (non-hydrogen) atoms. The Balaban J connectivity index is 2.26. The molecule has 0 spiro atoms. The van der Waals surface area contributed by atoms with E-state index in [9.17, 15) is 0 Å². The monoisotopic (exact) mass is 245 g/mol. The highest BCUT2D eigenvalue weighted by molar-refractivity contribution is 7.99. The fraction of sp³-hybridized carbons (Fsp3) is 1.00. The van der Waals surface area contributed by atoms with Crippen molar-refractivity contribution in [3.8, 4) is 0 Å². The van der Waals surface area contributed by atoms with Gasteiger partial charge in [-0.15, -0.1) is 0 Å². The average Bonchev–Trinajstić information content (AvgIpc) is 2.28. The summed E-state index contributed by atoms with van der Waals surface area (Å²) in [6.45, 7) is 8.86. The maximum Gasteiger partial charge on any atom is 0.0589 e. The van der Waals surface area contributed by atoms with E-state index >= 15 is 0 Å². The molecule has 0 aromatic heterocycles. The number of hydrogen-bond acceptors (Lipinski definition) is 3.